The zero-order valence-corrected chi connectivity index (χ0v) is 13.9. The molecule has 0 atom stereocenters. The number of nitrogens with zero attached hydrogens (tertiary/aromatic N) is 1. The molecule has 1 rings (SSSR count). The summed E-state index contributed by atoms with van der Waals surface area (Å²) in [5.41, 5.74) is -0.0346. The van der Waals surface area contributed by atoms with E-state index in [-0.39, 0.29) is 23.7 Å². The SMILES string of the molecule is CC(C)COCCCNC(=O)CNC(=O)c1cccc([N+](=O)[O-])c1. The van der Waals surface area contributed by atoms with Gasteiger partial charge in [0.05, 0.1) is 11.5 Å². The highest BCUT2D eigenvalue weighted by Crippen LogP contribution is 2.12. The normalized spacial score (nSPS) is 10.5. The number of carbonyl (C=O) groups excluding carboxylic acids is 2. The van der Waals surface area contributed by atoms with Crippen LogP contribution in [0.3, 0.4) is 0 Å². The third-order valence-corrected chi connectivity index (χ3v) is 2.97. The summed E-state index contributed by atoms with van der Waals surface area (Å²) in [7, 11) is 0. The van der Waals surface area contributed by atoms with Crippen LogP contribution in [-0.2, 0) is 9.53 Å². The minimum Gasteiger partial charge on any atom is -0.381 e. The van der Waals surface area contributed by atoms with Gasteiger partial charge in [-0.1, -0.05) is 19.9 Å². The Labute approximate surface area is 140 Å². The molecule has 0 fully saturated rings. The minimum absolute atomic E-state index is 0.138. The summed E-state index contributed by atoms with van der Waals surface area (Å²) in [6, 6.07) is 5.33. The molecule has 0 spiro atoms. The summed E-state index contributed by atoms with van der Waals surface area (Å²) in [6.45, 7) is 5.65. The Morgan fingerprint density at radius 3 is 2.71 bits per heavy atom. The Morgan fingerprint density at radius 1 is 1.29 bits per heavy atom. The third-order valence-electron chi connectivity index (χ3n) is 2.97. The first-order chi connectivity index (χ1) is 11.4. The van der Waals surface area contributed by atoms with Crippen LogP contribution in [0.2, 0.25) is 0 Å². The molecule has 0 aliphatic rings. The van der Waals surface area contributed by atoms with Crippen molar-refractivity contribution in [2.75, 3.05) is 26.3 Å². The predicted molar refractivity (Wildman–Crippen MR) is 88.7 cm³/mol. The van der Waals surface area contributed by atoms with E-state index in [0.29, 0.717) is 32.1 Å². The number of nitrogens with one attached hydrogen (secondary N) is 2. The van der Waals surface area contributed by atoms with Crippen molar-refractivity contribution in [2.24, 2.45) is 5.92 Å². The molecule has 2 amide bonds. The van der Waals surface area contributed by atoms with Crippen LogP contribution >= 0.6 is 0 Å². The zero-order chi connectivity index (χ0) is 17.9. The molecule has 0 saturated carbocycles. The van der Waals surface area contributed by atoms with Gasteiger partial charge in [0.15, 0.2) is 0 Å². The number of rotatable bonds is 10. The Morgan fingerprint density at radius 2 is 2.04 bits per heavy atom. The van der Waals surface area contributed by atoms with Crippen molar-refractivity contribution in [3.63, 3.8) is 0 Å². The fourth-order valence-corrected chi connectivity index (χ4v) is 1.81. The quantitative estimate of drug-likeness (QED) is 0.382. The lowest BCUT2D eigenvalue weighted by Gasteiger charge is -2.08. The monoisotopic (exact) mass is 337 g/mol. The highest BCUT2D eigenvalue weighted by molar-refractivity contribution is 5.96. The van der Waals surface area contributed by atoms with Crippen molar-refractivity contribution in [3.05, 3.63) is 39.9 Å². The van der Waals surface area contributed by atoms with Gasteiger partial charge in [-0.25, -0.2) is 0 Å². The fourth-order valence-electron chi connectivity index (χ4n) is 1.81. The van der Waals surface area contributed by atoms with E-state index in [0.717, 1.165) is 0 Å². The van der Waals surface area contributed by atoms with Gasteiger partial charge in [0.25, 0.3) is 11.6 Å². The van der Waals surface area contributed by atoms with Crippen LogP contribution in [0.15, 0.2) is 24.3 Å². The van der Waals surface area contributed by atoms with Crippen molar-refractivity contribution in [3.8, 4) is 0 Å². The molecule has 0 aliphatic carbocycles. The van der Waals surface area contributed by atoms with Crippen molar-refractivity contribution in [2.45, 2.75) is 20.3 Å². The smallest absolute Gasteiger partial charge is 0.270 e. The molecule has 0 bridgehead atoms. The lowest BCUT2D eigenvalue weighted by Crippen LogP contribution is -2.37. The topological polar surface area (TPSA) is 111 Å². The lowest BCUT2D eigenvalue weighted by atomic mass is 10.2. The molecule has 0 unspecified atom stereocenters. The van der Waals surface area contributed by atoms with Crippen molar-refractivity contribution >= 4 is 17.5 Å². The summed E-state index contributed by atoms with van der Waals surface area (Å²) < 4.78 is 5.39. The van der Waals surface area contributed by atoms with Crippen LogP contribution in [0.4, 0.5) is 5.69 Å². The van der Waals surface area contributed by atoms with E-state index in [9.17, 15) is 19.7 Å². The molecule has 0 aliphatic heterocycles. The first kappa shape index (κ1) is 19.6. The molecule has 1 aromatic rings. The number of benzene rings is 1. The number of nitro groups is 1. The summed E-state index contributed by atoms with van der Waals surface area (Å²) in [5, 5.41) is 15.8. The molecule has 8 heteroatoms. The second-order valence-electron chi connectivity index (χ2n) is 5.66. The second-order valence-corrected chi connectivity index (χ2v) is 5.66. The fraction of sp³-hybridized carbons (Fsp3) is 0.500. The lowest BCUT2D eigenvalue weighted by molar-refractivity contribution is -0.384. The molecular weight excluding hydrogens is 314 g/mol. The Kier molecular flexibility index (Phi) is 8.42. The second kappa shape index (κ2) is 10.3. The van der Waals surface area contributed by atoms with Gasteiger partial charge in [0.1, 0.15) is 0 Å². The number of carbonyl (C=O) groups is 2. The van der Waals surface area contributed by atoms with Crippen LogP contribution in [0, 0.1) is 16.0 Å². The minimum atomic E-state index is -0.579. The molecule has 0 radical (unpaired) electrons. The Hall–Kier alpha value is -2.48. The summed E-state index contributed by atoms with van der Waals surface area (Å²) >= 11 is 0. The van der Waals surface area contributed by atoms with Crippen LogP contribution in [-0.4, -0.2) is 43.0 Å². The Balaban J connectivity index is 2.25. The third kappa shape index (κ3) is 7.68. The van der Waals surface area contributed by atoms with E-state index >= 15 is 0 Å². The zero-order valence-electron chi connectivity index (χ0n) is 13.9. The van der Waals surface area contributed by atoms with Crippen molar-refractivity contribution < 1.29 is 19.2 Å². The highest BCUT2D eigenvalue weighted by atomic mass is 16.6. The van der Waals surface area contributed by atoms with Gasteiger partial charge in [-0.15, -0.1) is 0 Å². The first-order valence-corrected chi connectivity index (χ1v) is 7.77. The molecule has 132 valence electrons. The molecule has 0 heterocycles. The Bertz CT molecular complexity index is 575. The van der Waals surface area contributed by atoms with Gasteiger partial charge < -0.3 is 15.4 Å². The maximum absolute atomic E-state index is 11.9. The maximum atomic E-state index is 11.9. The van der Waals surface area contributed by atoms with Gasteiger partial charge in [-0.2, -0.15) is 0 Å². The van der Waals surface area contributed by atoms with E-state index in [4.69, 9.17) is 4.74 Å². The maximum Gasteiger partial charge on any atom is 0.270 e. The molecule has 8 nitrogen and oxygen atoms in total. The number of hydrogen-bond donors (Lipinski definition) is 2. The molecule has 0 aromatic heterocycles. The van der Waals surface area contributed by atoms with Gasteiger partial charge in [-0.05, 0) is 18.4 Å². The van der Waals surface area contributed by atoms with Crippen molar-refractivity contribution in [1.82, 2.24) is 10.6 Å². The van der Waals surface area contributed by atoms with Gasteiger partial charge in [0.2, 0.25) is 5.91 Å². The van der Waals surface area contributed by atoms with E-state index in [1.165, 1.54) is 24.3 Å². The number of non-ortho nitro benzene ring substituents is 1. The molecule has 1 aromatic carbocycles. The van der Waals surface area contributed by atoms with Gasteiger partial charge in [0, 0.05) is 37.5 Å². The summed E-state index contributed by atoms with van der Waals surface area (Å²) in [6.07, 6.45) is 0.692. The van der Waals surface area contributed by atoms with E-state index < -0.39 is 10.8 Å². The average molecular weight is 337 g/mol. The standard InChI is InChI=1S/C16H23N3O5/c1-12(2)11-24-8-4-7-17-15(20)10-18-16(21)13-5-3-6-14(9-13)19(22)23/h3,5-6,9,12H,4,7-8,10-11H2,1-2H3,(H,17,20)(H,18,21). The van der Waals surface area contributed by atoms with Crippen LogP contribution in [0.5, 0.6) is 0 Å². The largest absolute Gasteiger partial charge is 0.381 e. The predicted octanol–water partition coefficient (Wildman–Crippen LogP) is 1.50. The number of nitro benzene ring substituents is 1. The molecule has 2 N–H and O–H groups in total. The van der Waals surface area contributed by atoms with Crippen LogP contribution < -0.4 is 10.6 Å². The summed E-state index contributed by atoms with van der Waals surface area (Å²) in [4.78, 5) is 33.6. The average Bonchev–Trinajstić information content (AvgIpc) is 2.55. The van der Waals surface area contributed by atoms with E-state index in [1.54, 1.807) is 0 Å². The first-order valence-electron chi connectivity index (χ1n) is 7.77. The van der Waals surface area contributed by atoms with Gasteiger partial charge >= 0.3 is 0 Å². The van der Waals surface area contributed by atoms with Crippen molar-refractivity contribution in [1.29, 1.82) is 0 Å². The van der Waals surface area contributed by atoms with E-state index in [2.05, 4.69) is 24.5 Å². The molecule has 24 heavy (non-hydrogen) atoms. The van der Waals surface area contributed by atoms with E-state index in [1.807, 2.05) is 0 Å². The van der Waals surface area contributed by atoms with Crippen LogP contribution in [0.25, 0.3) is 0 Å². The number of ether oxygens (including phenoxy) is 1. The summed E-state index contributed by atoms with van der Waals surface area (Å²) in [5.74, 6) is -0.379. The molecule has 0 saturated heterocycles. The number of hydrogen-bond acceptors (Lipinski definition) is 5. The number of amides is 2. The van der Waals surface area contributed by atoms with Crippen LogP contribution in [0.1, 0.15) is 30.6 Å². The molecular formula is C16H23N3O5. The van der Waals surface area contributed by atoms with Gasteiger partial charge in [-0.3, -0.25) is 19.7 Å². The highest BCUT2D eigenvalue weighted by Gasteiger charge is 2.12.